The van der Waals surface area contributed by atoms with E-state index in [-0.39, 0.29) is 17.3 Å². The van der Waals surface area contributed by atoms with E-state index in [0.29, 0.717) is 37.6 Å². The molecule has 1 unspecified atom stereocenters. The van der Waals surface area contributed by atoms with Crippen LogP contribution in [0.5, 0.6) is 0 Å². The molecule has 0 aliphatic carbocycles. The molecule has 2 aromatic carbocycles. The Kier molecular flexibility index (Phi) is 7.15. The van der Waals surface area contributed by atoms with Gasteiger partial charge in [-0.1, -0.05) is 41.2 Å². The molecule has 0 bridgehead atoms. The van der Waals surface area contributed by atoms with Crippen LogP contribution in [0.1, 0.15) is 29.8 Å². The Morgan fingerprint density at radius 1 is 1.11 bits per heavy atom. The third-order valence-electron chi connectivity index (χ3n) is 6.81. The van der Waals surface area contributed by atoms with Crippen LogP contribution in [-0.4, -0.2) is 53.0 Å². The number of nitrogens with zero attached hydrogens (tertiary/aromatic N) is 5. The molecule has 1 fully saturated rings. The van der Waals surface area contributed by atoms with E-state index >= 15 is 0 Å². The van der Waals surface area contributed by atoms with E-state index < -0.39 is 15.9 Å². The minimum Gasteiger partial charge on any atom is -0.286 e. The van der Waals surface area contributed by atoms with Crippen LogP contribution in [0.3, 0.4) is 0 Å². The maximum atomic E-state index is 14.0. The summed E-state index contributed by atoms with van der Waals surface area (Å²) in [6.07, 6.45) is 1.27. The molecule has 1 atom stereocenters. The Hall–Kier alpha value is -3.08. The first-order valence-corrected chi connectivity index (χ1v) is 14.7. The van der Waals surface area contributed by atoms with E-state index in [4.69, 9.17) is 4.98 Å². The molecule has 0 N–H and O–H groups in total. The number of sulfonamides is 1. The maximum Gasteiger partial charge on any atom is 0.243 e. The number of fused-ring (bicyclic) bond motifs is 1. The number of para-hydroxylation sites is 1. The van der Waals surface area contributed by atoms with E-state index in [1.54, 1.807) is 29.2 Å². The standard InChI is InChI=1S/C27H31N5O3S2/c1-19-10-12-23(13-11-19)37(34,35)30-14-6-7-22(18-30)26(33)31(15-16-32-21(3)17-20(2)29-32)27-28-24-8-4-5-9-25(24)36-27/h4-5,8-13,17,22H,6-7,14-16,18H2,1-3H3. The Balaban J connectivity index is 1.41. The van der Waals surface area contributed by atoms with Gasteiger partial charge in [-0.2, -0.15) is 9.40 Å². The molecule has 194 valence electrons. The fraction of sp³-hybridized carbons (Fsp3) is 0.370. The second-order valence-corrected chi connectivity index (χ2v) is 12.6. The molecule has 1 aliphatic heterocycles. The highest BCUT2D eigenvalue weighted by atomic mass is 32.2. The lowest BCUT2D eigenvalue weighted by molar-refractivity contribution is -0.123. The molecule has 8 nitrogen and oxygen atoms in total. The number of rotatable bonds is 7. The molecule has 3 heterocycles. The van der Waals surface area contributed by atoms with Gasteiger partial charge in [0, 0.05) is 25.3 Å². The van der Waals surface area contributed by atoms with Crippen LogP contribution in [0.4, 0.5) is 5.13 Å². The predicted molar refractivity (Wildman–Crippen MR) is 146 cm³/mol. The number of aromatic nitrogens is 3. The average Bonchev–Trinajstić information content (AvgIpc) is 3.46. The van der Waals surface area contributed by atoms with Crippen molar-refractivity contribution >= 4 is 42.6 Å². The van der Waals surface area contributed by atoms with E-state index in [9.17, 15) is 13.2 Å². The second kappa shape index (κ2) is 10.4. The number of carbonyl (C=O) groups excluding carboxylic acids is 1. The Labute approximate surface area is 221 Å². The van der Waals surface area contributed by atoms with Crippen molar-refractivity contribution in [2.75, 3.05) is 24.5 Å². The number of aryl methyl sites for hydroxylation is 3. The Morgan fingerprint density at radius 3 is 2.57 bits per heavy atom. The van der Waals surface area contributed by atoms with Crippen molar-refractivity contribution < 1.29 is 13.2 Å². The minimum absolute atomic E-state index is 0.0932. The lowest BCUT2D eigenvalue weighted by Crippen LogP contribution is -2.47. The first-order chi connectivity index (χ1) is 17.7. The SMILES string of the molecule is Cc1ccc(S(=O)(=O)N2CCCC(C(=O)N(CCn3nc(C)cc3C)c3nc4ccccc4s3)C2)cc1. The quantitative estimate of drug-likeness (QED) is 0.345. The van der Waals surface area contributed by atoms with Gasteiger partial charge < -0.3 is 0 Å². The van der Waals surface area contributed by atoms with Crippen molar-refractivity contribution in [2.24, 2.45) is 5.92 Å². The summed E-state index contributed by atoms with van der Waals surface area (Å²) in [5.74, 6) is -0.536. The number of benzene rings is 2. The van der Waals surface area contributed by atoms with Gasteiger partial charge in [-0.3, -0.25) is 14.4 Å². The number of anilines is 1. The predicted octanol–water partition coefficient (Wildman–Crippen LogP) is 4.55. The molecule has 4 aromatic rings. The van der Waals surface area contributed by atoms with Gasteiger partial charge in [-0.25, -0.2) is 13.4 Å². The third-order valence-corrected chi connectivity index (χ3v) is 9.75. The van der Waals surface area contributed by atoms with E-state index in [1.165, 1.54) is 15.6 Å². The van der Waals surface area contributed by atoms with Crippen LogP contribution in [0.15, 0.2) is 59.5 Å². The molecule has 1 aliphatic rings. The lowest BCUT2D eigenvalue weighted by Gasteiger charge is -2.33. The van der Waals surface area contributed by atoms with Crippen LogP contribution in [-0.2, 0) is 21.4 Å². The molecule has 0 radical (unpaired) electrons. The van der Waals surface area contributed by atoms with Gasteiger partial charge in [0.2, 0.25) is 15.9 Å². The van der Waals surface area contributed by atoms with E-state index in [0.717, 1.165) is 27.2 Å². The molecule has 1 amide bonds. The normalized spacial score (nSPS) is 16.8. The smallest absolute Gasteiger partial charge is 0.243 e. The Bertz CT molecular complexity index is 1490. The number of hydrogen-bond acceptors (Lipinski definition) is 6. The molecule has 0 saturated carbocycles. The van der Waals surface area contributed by atoms with Crippen molar-refractivity contribution in [1.29, 1.82) is 0 Å². The van der Waals surface area contributed by atoms with Crippen LogP contribution in [0.25, 0.3) is 10.2 Å². The number of piperidine rings is 1. The zero-order valence-electron chi connectivity index (χ0n) is 21.3. The number of amides is 1. The highest BCUT2D eigenvalue weighted by Crippen LogP contribution is 2.32. The van der Waals surface area contributed by atoms with Crippen LogP contribution >= 0.6 is 11.3 Å². The average molecular weight is 538 g/mol. The highest BCUT2D eigenvalue weighted by Gasteiger charge is 2.36. The number of carbonyl (C=O) groups is 1. The van der Waals surface area contributed by atoms with Gasteiger partial charge in [0.1, 0.15) is 0 Å². The minimum atomic E-state index is -3.68. The molecule has 37 heavy (non-hydrogen) atoms. The van der Waals surface area contributed by atoms with Crippen molar-refractivity contribution in [2.45, 2.75) is 45.1 Å². The molecule has 10 heteroatoms. The maximum absolute atomic E-state index is 14.0. The molecular formula is C27H31N5O3S2. The number of thiazole rings is 1. The van der Waals surface area contributed by atoms with Gasteiger partial charge in [0.05, 0.1) is 33.3 Å². The molecule has 5 rings (SSSR count). The van der Waals surface area contributed by atoms with Gasteiger partial charge in [-0.05, 0) is 63.9 Å². The van der Waals surface area contributed by atoms with Gasteiger partial charge >= 0.3 is 0 Å². The molecule has 0 spiro atoms. The first-order valence-electron chi connectivity index (χ1n) is 12.5. The van der Waals surface area contributed by atoms with Gasteiger partial charge in [0.15, 0.2) is 5.13 Å². The molecule has 2 aromatic heterocycles. The highest BCUT2D eigenvalue weighted by molar-refractivity contribution is 7.89. The van der Waals surface area contributed by atoms with E-state index in [1.807, 2.05) is 55.8 Å². The van der Waals surface area contributed by atoms with Crippen molar-refractivity contribution in [3.8, 4) is 0 Å². The summed E-state index contributed by atoms with van der Waals surface area (Å²) in [7, 11) is -3.68. The summed E-state index contributed by atoms with van der Waals surface area (Å²) < 4.78 is 31.1. The van der Waals surface area contributed by atoms with Crippen LogP contribution in [0.2, 0.25) is 0 Å². The summed E-state index contributed by atoms with van der Waals surface area (Å²) in [6.45, 7) is 7.38. The van der Waals surface area contributed by atoms with Gasteiger partial charge in [-0.15, -0.1) is 0 Å². The van der Waals surface area contributed by atoms with E-state index in [2.05, 4.69) is 5.10 Å². The monoisotopic (exact) mass is 537 g/mol. The lowest BCUT2D eigenvalue weighted by atomic mass is 9.98. The third kappa shape index (κ3) is 5.32. The first kappa shape index (κ1) is 25.6. The summed E-state index contributed by atoms with van der Waals surface area (Å²) in [5, 5.41) is 5.18. The largest absolute Gasteiger partial charge is 0.286 e. The molecular weight excluding hydrogens is 506 g/mol. The van der Waals surface area contributed by atoms with Crippen LogP contribution < -0.4 is 4.90 Å². The summed E-state index contributed by atoms with van der Waals surface area (Å²) in [4.78, 5) is 20.7. The second-order valence-electron chi connectivity index (χ2n) is 9.62. The number of hydrogen-bond donors (Lipinski definition) is 0. The fourth-order valence-electron chi connectivity index (χ4n) is 4.81. The zero-order chi connectivity index (χ0) is 26.2. The van der Waals surface area contributed by atoms with Gasteiger partial charge in [0.25, 0.3) is 0 Å². The molecule has 1 saturated heterocycles. The van der Waals surface area contributed by atoms with Crippen LogP contribution in [0, 0.1) is 26.7 Å². The summed E-state index contributed by atoms with van der Waals surface area (Å²) >= 11 is 1.48. The zero-order valence-corrected chi connectivity index (χ0v) is 22.9. The summed E-state index contributed by atoms with van der Waals surface area (Å²) in [5.41, 5.74) is 3.81. The van der Waals surface area contributed by atoms with Crippen molar-refractivity contribution in [3.05, 3.63) is 71.5 Å². The fourth-order valence-corrected chi connectivity index (χ4v) is 7.33. The topological polar surface area (TPSA) is 88.4 Å². The van der Waals surface area contributed by atoms with Crippen molar-refractivity contribution in [3.63, 3.8) is 0 Å². The summed E-state index contributed by atoms with van der Waals surface area (Å²) in [6, 6.07) is 16.7. The van der Waals surface area contributed by atoms with Crippen molar-refractivity contribution in [1.82, 2.24) is 19.1 Å². The Morgan fingerprint density at radius 2 is 1.86 bits per heavy atom.